The Bertz CT molecular complexity index is 966. The first kappa shape index (κ1) is 21.4. The van der Waals surface area contributed by atoms with Gasteiger partial charge >= 0.3 is 5.97 Å². The number of rotatable bonds is 7. The van der Waals surface area contributed by atoms with Crippen LogP contribution in [0.25, 0.3) is 0 Å². The Kier molecular flexibility index (Phi) is 6.76. The van der Waals surface area contributed by atoms with Crippen LogP contribution in [0.4, 0.5) is 5.69 Å². The van der Waals surface area contributed by atoms with Crippen molar-refractivity contribution in [3.63, 3.8) is 0 Å². The lowest BCUT2D eigenvalue weighted by molar-refractivity contribution is 0.0597. The fraction of sp³-hybridized carbons (Fsp3) is 0.263. The summed E-state index contributed by atoms with van der Waals surface area (Å²) in [6, 6.07) is 9.75. The second kappa shape index (κ2) is 8.85. The molecule has 0 radical (unpaired) electrons. The number of nitrogens with zero attached hydrogens (tertiary/aromatic N) is 1. The second-order valence-electron chi connectivity index (χ2n) is 5.76. The molecule has 2 N–H and O–H groups in total. The average Bonchev–Trinajstić information content (AvgIpc) is 2.69. The lowest BCUT2D eigenvalue weighted by atomic mass is 10.1. The second-order valence-corrected chi connectivity index (χ2v) is 7.70. The Morgan fingerprint density at radius 3 is 2.21 bits per heavy atom. The number of anilines is 1. The van der Waals surface area contributed by atoms with Crippen LogP contribution in [0, 0.1) is 0 Å². The van der Waals surface area contributed by atoms with Gasteiger partial charge in [0.25, 0.3) is 5.91 Å². The van der Waals surface area contributed by atoms with E-state index in [9.17, 15) is 23.1 Å². The van der Waals surface area contributed by atoms with Gasteiger partial charge in [-0.1, -0.05) is 19.9 Å². The number of nitrogens with one attached hydrogen (secondary N) is 1. The molecule has 9 heteroatoms. The van der Waals surface area contributed by atoms with Crippen molar-refractivity contribution in [1.82, 2.24) is 4.31 Å². The van der Waals surface area contributed by atoms with Crippen LogP contribution in [0.15, 0.2) is 47.4 Å². The van der Waals surface area contributed by atoms with Crippen LogP contribution in [0.3, 0.4) is 0 Å². The van der Waals surface area contributed by atoms with Gasteiger partial charge < -0.3 is 15.2 Å². The van der Waals surface area contributed by atoms with E-state index in [1.807, 2.05) is 0 Å². The number of hydrogen-bond acceptors (Lipinski definition) is 6. The number of ether oxygens (including phenoxy) is 1. The van der Waals surface area contributed by atoms with Gasteiger partial charge in [0.15, 0.2) is 5.75 Å². The van der Waals surface area contributed by atoms with Crippen LogP contribution in [-0.2, 0) is 14.8 Å². The third kappa shape index (κ3) is 4.32. The van der Waals surface area contributed by atoms with Gasteiger partial charge in [0.1, 0.15) is 5.56 Å². The van der Waals surface area contributed by atoms with Gasteiger partial charge in [-0.25, -0.2) is 13.2 Å². The third-order valence-corrected chi connectivity index (χ3v) is 6.21. The Balaban J connectivity index is 2.24. The molecule has 0 fully saturated rings. The Morgan fingerprint density at radius 2 is 1.68 bits per heavy atom. The van der Waals surface area contributed by atoms with Crippen LogP contribution in [0.5, 0.6) is 5.75 Å². The summed E-state index contributed by atoms with van der Waals surface area (Å²) in [7, 11) is -2.44. The monoisotopic (exact) mass is 406 g/mol. The van der Waals surface area contributed by atoms with Gasteiger partial charge in [-0.2, -0.15) is 4.31 Å². The fourth-order valence-corrected chi connectivity index (χ4v) is 4.06. The number of carbonyl (C=O) groups is 2. The number of methoxy groups -OCH3 is 1. The largest absolute Gasteiger partial charge is 0.505 e. The quantitative estimate of drug-likeness (QED) is 0.539. The lowest BCUT2D eigenvalue weighted by Gasteiger charge is -2.18. The number of sulfonamides is 1. The molecular formula is C19H22N2O6S. The molecule has 28 heavy (non-hydrogen) atoms. The topological polar surface area (TPSA) is 113 Å². The molecule has 150 valence electrons. The maximum absolute atomic E-state index is 12.5. The molecule has 1 amide bonds. The van der Waals surface area contributed by atoms with Gasteiger partial charge in [0.2, 0.25) is 10.0 Å². The van der Waals surface area contributed by atoms with E-state index in [4.69, 9.17) is 0 Å². The van der Waals surface area contributed by atoms with E-state index in [1.54, 1.807) is 13.8 Å². The highest BCUT2D eigenvalue weighted by atomic mass is 32.2. The number of esters is 1. The first-order valence-electron chi connectivity index (χ1n) is 8.58. The van der Waals surface area contributed by atoms with Crippen molar-refractivity contribution in [1.29, 1.82) is 0 Å². The van der Waals surface area contributed by atoms with Crippen molar-refractivity contribution in [3.8, 4) is 5.75 Å². The highest BCUT2D eigenvalue weighted by Crippen LogP contribution is 2.28. The zero-order valence-electron chi connectivity index (χ0n) is 15.8. The molecule has 0 aliphatic rings. The van der Waals surface area contributed by atoms with E-state index in [1.165, 1.54) is 53.9 Å². The predicted molar refractivity (Wildman–Crippen MR) is 104 cm³/mol. The minimum Gasteiger partial charge on any atom is -0.505 e. The minimum atomic E-state index is -3.62. The SMILES string of the molecule is CCN(CC)S(=O)(=O)c1ccc(C(=O)Nc2cccc(C(=O)OC)c2O)cc1. The van der Waals surface area contributed by atoms with Gasteiger partial charge in [-0.05, 0) is 36.4 Å². The van der Waals surface area contributed by atoms with E-state index >= 15 is 0 Å². The van der Waals surface area contributed by atoms with E-state index in [2.05, 4.69) is 10.1 Å². The van der Waals surface area contributed by atoms with Crippen LogP contribution in [0.2, 0.25) is 0 Å². The average molecular weight is 406 g/mol. The molecule has 2 aromatic carbocycles. The van der Waals surface area contributed by atoms with Crippen LogP contribution in [-0.4, -0.2) is 49.9 Å². The standard InChI is InChI=1S/C19H22N2O6S/c1-4-21(5-2)28(25,26)14-11-9-13(10-12-14)18(23)20-16-8-6-7-15(17(16)22)19(24)27-3/h6-12,22H,4-5H2,1-3H3,(H,20,23). The summed E-state index contributed by atoms with van der Waals surface area (Å²) in [5.74, 6) is -1.72. The maximum atomic E-state index is 12.5. The molecule has 0 saturated carbocycles. The predicted octanol–water partition coefficient (Wildman–Crippen LogP) is 2.46. The molecule has 0 bridgehead atoms. The number of benzene rings is 2. The van der Waals surface area contributed by atoms with Crippen molar-refractivity contribution in [2.24, 2.45) is 0 Å². The van der Waals surface area contributed by atoms with Crippen molar-refractivity contribution >= 4 is 27.6 Å². The van der Waals surface area contributed by atoms with Gasteiger partial charge in [0, 0.05) is 18.7 Å². The van der Waals surface area contributed by atoms with Crippen molar-refractivity contribution in [2.45, 2.75) is 18.7 Å². The summed E-state index contributed by atoms with van der Waals surface area (Å²) >= 11 is 0. The number of para-hydroxylation sites is 1. The van der Waals surface area contributed by atoms with Crippen LogP contribution >= 0.6 is 0 Å². The number of phenolic OH excluding ortho intramolecular Hbond substituents is 1. The van der Waals surface area contributed by atoms with Crippen LogP contribution < -0.4 is 5.32 Å². The van der Waals surface area contributed by atoms with E-state index in [-0.39, 0.29) is 21.7 Å². The van der Waals surface area contributed by atoms with E-state index in [0.717, 1.165) is 0 Å². The molecule has 0 heterocycles. The van der Waals surface area contributed by atoms with Gasteiger partial charge in [0.05, 0.1) is 17.7 Å². The molecule has 2 rings (SSSR count). The molecule has 0 aromatic heterocycles. The Labute approximate surface area is 163 Å². The van der Waals surface area contributed by atoms with E-state index < -0.39 is 27.6 Å². The molecule has 0 aliphatic heterocycles. The number of phenols is 1. The number of hydrogen-bond donors (Lipinski definition) is 2. The summed E-state index contributed by atoms with van der Waals surface area (Å²) in [6.07, 6.45) is 0. The zero-order valence-corrected chi connectivity index (χ0v) is 16.6. The normalized spacial score (nSPS) is 11.3. The molecular weight excluding hydrogens is 384 g/mol. The molecule has 0 spiro atoms. The molecule has 0 saturated heterocycles. The zero-order chi connectivity index (χ0) is 20.9. The van der Waals surface area contributed by atoms with Crippen molar-refractivity contribution < 1.29 is 27.9 Å². The van der Waals surface area contributed by atoms with E-state index in [0.29, 0.717) is 13.1 Å². The van der Waals surface area contributed by atoms with Crippen molar-refractivity contribution in [3.05, 3.63) is 53.6 Å². The minimum absolute atomic E-state index is 0.0349. The molecule has 0 aliphatic carbocycles. The summed E-state index contributed by atoms with van der Waals surface area (Å²) in [4.78, 5) is 24.1. The van der Waals surface area contributed by atoms with Gasteiger partial charge in [-0.3, -0.25) is 4.79 Å². The van der Waals surface area contributed by atoms with Gasteiger partial charge in [-0.15, -0.1) is 0 Å². The lowest BCUT2D eigenvalue weighted by Crippen LogP contribution is -2.30. The fourth-order valence-electron chi connectivity index (χ4n) is 2.60. The Morgan fingerprint density at radius 1 is 1.07 bits per heavy atom. The summed E-state index contributed by atoms with van der Waals surface area (Å²) in [5.41, 5.74) is 0.148. The first-order chi connectivity index (χ1) is 13.3. The summed E-state index contributed by atoms with van der Waals surface area (Å²) < 4.78 is 30.9. The van der Waals surface area contributed by atoms with Crippen molar-refractivity contribution in [2.75, 3.05) is 25.5 Å². The summed E-state index contributed by atoms with van der Waals surface area (Å²) in [6.45, 7) is 4.18. The molecule has 8 nitrogen and oxygen atoms in total. The number of amides is 1. The highest BCUT2D eigenvalue weighted by Gasteiger charge is 2.22. The maximum Gasteiger partial charge on any atom is 0.341 e. The highest BCUT2D eigenvalue weighted by molar-refractivity contribution is 7.89. The summed E-state index contributed by atoms with van der Waals surface area (Å²) in [5, 5.41) is 12.6. The smallest absolute Gasteiger partial charge is 0.341 e. The number of carbonyl (C=O) groups excluding carboxylic acids is 2. The molecule has 0 unspecified atom stereocenters. The third-order valence-electron chi connectivity index (χ3n) is 4.15. The first-order valence-corrected chi connectivity index (χ1v) is 10.0. The Hall–Kier alpha value is -2.91. The van der Waals surface area contributed by atoms with Crippen LogP contribution in [0.1, 0.15) is 34.6 Å². The number of aromatic hydroxyl groups is 1. The molecule has 0 atom stereocenters. The molecule has 2 aromatic rings.